The van der Waals surface area contributed by atoms with Crippen LogP contribution in [-0.2, 0) is 45.4 Å². The summed E-state index contributed by atoms with van der Waals surface area (Å²) in [6.45, 7) is 5.07. The molecule has 0 heterocycles. The lowest BCUT2D eigenvalue weighted by Crippen LogP contribution is -2.52. The molecule has 2 N–H and O–H groups in total. The summed E-state index contributed by atoms with van der Waals surface area (Å²) in [5, 5.41) is 24.4. The zero-order valence-corrected chi connectivity index (χ0v) is 32.3. The van der Waals surface area contributed by atoms with Crippen molar-refractivity contribution < 1.29 is 37.9 Å². The van der Waals surface area contributed by atoms with Gasteiger partial charge in [0.25, 0.3) is 0 Å². The quantitative estimate of drug-likeness (QED) is 0.0805. The molecule has 296 valence electrons. The maximum absolute atomic E-state index is 14.1. The zero-order valence-electron chi connectivity index (χ0n) is 32.3. The summed E-state index contributed by atoms with van der Waals surface area (Å²) >= 11 is 0. The van der Waals surface area contributed by atoms with Gasteiger partial charge in [0, 0.05) is 12.0 Å². The molecular weight excluding hydrogens is 723 g/mol. The largest absolute Gasteiger partial charge is 0.387 e. The fraction of sp³-hybridized carbons (Fsp3) is 0.265. The van der Waals surface area contributed by atoms with Crippen molar-refractivity contribution in [3.05, 3.63) is 203 Å². The van der Waals surface area contributed by atoms with E-state index in [0.717, 1.165) is 28.3 Å². The standard InChI is InChI=1S/C49H50F2O6/c1-34-25-40(41-26-42(50)28-43(51)27-41)23-24-44(34)45(52)46(53)48(56-32-38-19-11-5-12-20-38)49(57-33-39-21-13-6-14-22-39)47(55-31-37-17-9-4-10-18-37)35(2)29-54-30-36-15-7-3-8-16-36/h3-28,35,45-49,52-53H,29-33H2,1-2H3/t35?,45-,46?,47?,48?,49?/m1/s1. The van der Waals surface area contributed by atoms with Gasteiger partial charge >= 0.3 is 0 Å². The maximum Gasteiger partial charge on any atom is 0.126 e. The van der Waals surface area contributed by atoms with Crippen LogP contribution in [-0.4, -0.2) is 41.2 Å². The molecule has 8 heteroatoms. The van der Waals surface area contributed by atoms with Gasteiger partial charge in [0.05, 0.1) is 39.1 Å². The molecule has 6 nitrogen and oxygen atoms in total. The summed E-state index contributed by atoms with van der Waals surface area (Å²) < 4.78 is 54.7. The number of aliphatic hydroxyl groups excluding tert-OH is 2. The Labute approximate surface area is 334 Å². The Morgan fingerprint density at radius 1 is 0.491 bits per heavy atom. The average Bonchev–Trinajstić information content (AvgIpc) is 3.23. The summed E-state index contributed by atoms with van der Waals surface area (Å²) in [6.07, 6.45) is -5.65. The van der Waals surface area contributed by atoms with Gasteiger partial charge < -0.3 is 29.2 Å². The van der Waals surface area contributed by atoms with Crippen molar-refractivity contribution in [2.75, 3.05) is 6.61 Å². The third-order valence-corrected chi connectivity index (χ3v) is 10.0. The molecule has 0 aliphatic heterocycles. The van der Waals surface area contributed by atoms with Gasteiger partial charge in [0.1, 0.15) is 36.1 Å². The molecule has 0 aliphatic rings. The third-order valence-electron chi connectivity index (χ3n) is 10.0. The molecule has 0 radical (unpaired) electrons. The molecule has 6 aromatic rings. The highest BCUT2D eigenvalue weighted by molar-refractivity contribution is 5.65. The van der Waals surface area contributed by atoms with Gasteiger partial charge in [-0.25, -0.2) is 8.78 Å². The first-order valence-electron chi connectivity index (χ1n) is 19.3. The van der Waals surface area contributed by atoms with E-state index in [1.807, 2.05) is 128 Å². The van der Waals surface area contributed by atoms with E-state index in [1.54, 1.807) is 25.1 Å². The molecule has 6 atom stereocenters. The molecule has 0 spiro atoms. The normalized spacial score (nSPS) is 14.7. The number of hydrogen-bond donors (Lipinski definition) is 2. The minimum atomic E-state index is -1.51. The van der Waals surface area contributed by atoms with Crippen LogP contribution in [0.3, 0.4) is 0 Å². The fourth-order valence-corrected chi connectivity index (χ4v) is 6.95. The molecule has 0 bridgehead atoms. The Morgan fingerprint density at radius 2 is 0.930 bits per heavy atom. The van der Waals surface area contributed by atoms with Crippen LogP contribution >= 0.6 is 0 Å². The predicted molar refractivity (Wildman–Crippen MR) is 218 cm³/mol. The number of ether oxygens (including phenoxy) is 4. The summed E-state index contributed by atoms with van der Waals surface area (Å²) in [5.74, 6) is -1.64. The van der Waals surface area contributed by atoms with Crippen LogP contribution in [0.15, 0.2) is 158 Å². The van der Waals surface area contributed by atoms with Crippen LogP contribution in [0.25, 0.3) is 11.1 Å². The topological polar surface area (TPSA) is 77.4 Å². The molecule has 6 rings (SSSR count). The van der Waals surface area contributed by atoms with E-state index in [4.69, 9.17) is 18.9 Å². The Hall–Kier alpha value is -5.06. The van der Waals surface area contributed by atoms with Crippen LogP contribution in [0.4, 0.5) is 8.78 Å². The van der Waals surface area contributed by atoms with Gasteiger partial charge in [-0.1, -0.05) is 146 Å². The molecule has 0 aliphatic carbocycles. The van der Waals surface area contributed by atoms with E-state index in [9.17, 15) is 19.0 Å². The number of hydrogen-bond acceptors (Lipinski definition) is 6. The van der Waals surface area contributed by atoms with Crippen molar-refractivity contribution in [2.24, 2.45) is 5.92 Å². The second kappa shape index (κ2) is 20.9. The first-order chi connectivity index (χ1) is 27.7. The SMILES string of the molecule is Cc1cc(-c2cc(F)cc(F)c2)ccc1[C@@H](O)C(O)C(OCc1ccccc1)C(OCc1ccccc1)C(OCc1ccccc1)C(C)COCc1ccccc1. The number of benzene rings is 6. The van der Waals surface area contributed by atoms with E-state index in [0.29, 0.717) is 35.5 Å². The van der Waals surface area contributed by atoms with Crippen molar-refractivity contribution in [1.29, 1.82) is 0 Å². The lowest BCUT2D eigenvalue weighted by molar-refractivity contribution is -0.206. The van der Waals surface area contributed by atoms with Gasteiger partial charge in [-0.15, -0.1) is 0 Å². The van der Waals surface area contributed by atoms with Gasteiger partial charge in [0.2, 0.25) is 0 Å². The molecule has 0 aromatic heterocycles. The van der Waals surface area contributed by atoms with Gasteiger partial charge in [-0.05, 0) is 63.6 Å². The first-order valence-corrected chi connectivity index (χ1v) is 19.3. The van der Waals surface area contributed by atoms with Crippen molar-refractivity contribution in [3.8, 4) is 11.1 Å². The van der Waals surface area contributed by atoms with Gasteiger partial charge in [0.15, 0.2) is 0 Å². The Kier molecular flexibility index (Phi) is 15.3. The minimum Gasteiger partial charge on any atom is -0.387 e. The Morgan fingerprint density at radius 3 is 1.40 bits per heavy atom. The van der Waals surface area contributed by atoms with E-state index < -0.39 is 42.2 Å². The second-order valence-electron chi connectivity index (χ2n) is 14.4. The number of aliphatic hydroxyl groups is 2. The Balaban J connectivity index is 1.36. The smallest absolute Gasteiger partial charge is 0.126 e. The number of aryl methyl sites for hydroxylation is 1. The monoisotopic (exact) mass is 772 g/mol. The molecular formula is C49H50F2O6. The van der Waals surface area contributed by atoms with Crippen LogP contribution in [0, 0.1) is 24.5 Å². The number of halogens is 2. The van der Waals surface area contributed by atoms with E-state index in [1.165, 1.54) is 12.1 Å². The Bertz CT molecular complexity index is 2060. The lowest BCUT2D eigenvalue weighted by Gasteiger charge is -2.39. The lowest BCUT2D eigenvalue weighted by atomic mass is 9.88. The third kappa shape index (κ3) is 12.0. The summed E-state index contributed by atoms with van der Waals surface area (Å²) in [5.41, 5.74) is 5.75. The second-order valence-corrected chi connectivity index (χ2v) is 14.4. The summed E-state index contributed by atoms with van der Waals surface area (Å²) in [4.78, 5) is 0. The molecule has 0 saturated carbocycles. The van der Waals surface area contributed by atoms with Crippen molar-refractivity contribution in [1.82, 2.24) is 0 Å². The molecule has 57 heavy (non-hydrogen) atoms. The van der Waals surface area contributed by atoms with Crippen molar-refractivity contribution in [2.45, 2.75) is 70.8 Å². The van der Waals surface area contributed by atoms with Gasteiger partial charge in [-0.3, -0.25) is 0 Å². The van der Waals surface area contributed by atoms with Crippen molar-refractivity contribution >= 4 is 0 Å². The molecule has 5 unspecified atom stereocenters. The highest BCUT2D eigenvalue weighted by atomic mass is 19.1. The summed E-state index contributed by atoms with van der Waals surface area (Å²) in [6, 6.07) is 47.5. The molecule has 0 saturated heterocycles. The average molecular weight is 773 g/mol. The van der Waals surface area contributed by atoms with Crippen LogP contribution in [0.2, 0.25) is 0 Å². The fourth-order valence-electron chi connectivity index (χ4n) is 6.95. The highest BCUT2D eigenvalue weighted by Gasteiger charge is 2.42. The number of rotatable bonds is 20. The summed E-state index contributed by atoms with van der Waals surface area (Å²) in [7, 11) is 0. The minimum absolute atomic E-state index is 0.119. The van der Waals surface area contributed by atoms with Crippen LogP contribution in [0.5, 0.6) is 0 Å². The zero-order chi connectivity index (χ0) is 40.0. The van der Waals surface area contributed by atoms with Crippen LogP contribution in [0.1, 0.15) is 46.4 Å². The highest BCUT2D eigenvalue weighted by Crippen LogP contribution is 2.33. The van der Waals surface area contributed by atoms with E-state index in [-0.39, 0.29) is 25.7 Å². The van der Waals surface area contributed by atoms with Crippen molar-refractivity contribution in [3.63, 3.8) is 0 Å². The maximum atomic E-state index is 14.1. The molecule has 0 amide bonds. The van der Waals surface area contributed by atoms with E-state index >= 15 is 0 Å². The van der Waals surface area contributed by atoms with Gasteiger partial charge in [-0.2, -0.15) is 0 Å². The van der Waals surface area contributed by atoms with E-state index in [2.05, 4.69) is 0 Å². The molecule has 6 aromatic carbocycles. The van der Waals surface area contributed by atoms with Crippen LogP contribution < -0.4 is 0 Å². The first kappa shape index (κ1) is 41.6. The predicted octanol–water partition coefficient (Wildman–Crippen LogP) is 9.94. The molecule has 0 fully saturated rings.